The average molecular weight is 450 g/mol. The number of aliphatic hydroxyl groups excluding tert-OH is 1. The van der Waals surface area contributed by atoms with E-state index in [0.29, 0.717) is 30.6 Å². The number of ether oxygens (including phenoxy) is 1. The second-order valence-corrected chi connectivity index (χ2v) is 8.44. The molecule has 3 atom stereocenters. The number of hydrogen-bond acceptors (Lipinski definition) is 5. The Morgan fingerprint density at radius 2 is 2.00 bits per heavy atom. The molecule has 174 valence electrons. The molecule has 33 heavy (non-hydrogen) atoms. The van der Waals surface area contributed by atoms with Gasteiger partial charge in [0.2, 0.25) is 11.8 Å². The van der Waals surface area contributed by atoms with Crippen molar-refractivity contribution >= 4 is 11.8 Å². The second kappa shape index (κ2) is 11.0. The summed E-state index contributed by atoms with van der Waals surface area (Å²) in [5.74, 6) is 6.03. The summed E-state index contributed by atoms with van der Waals surface area (Å²) in [5, 5.41) is 9.77. The van der Waals surface area contributed by atoms with Crippen LogP contribution in [-0.2, 0) is 4.79 Å². The number of carbonyl (C=O) groups is 2. The minimum atomic E-state index is -0.374. The van der Waals surface area contributed by atoms with Gasteiger partial charge in [0.1, 0.15) is 11.7 Å². The van der Waals surface area contributed by atoms with E-state index in [9.17, 15) is 14.7 Å². The Bertz CT molecular complexity index is 1040. The topological polar surface area (TPSA) is 83.0 Å². The van der Waals surface area contributed by atoms with E-state index in [0.717, 1.165) is 5.56 Å². The normalized spacial score (nSPS) is 18.7. The molecule has 0 aliphatic carbocycles. The van der Waals surface area contributed by atoms with Crippen LogP contribution >= 0.6 is 0 Å². The summed E-state index contributed by atoms with van der Waals surface area (Å²) in [7, 11) is 1.75. The number of rotatable bonds is 5. The second-order valence-electron chi connectivity index (χ2n) is 8.44. The maximum atomic E-state index is 13.4. The Hall–Kier alpha value is -3.37. The number of fused-ring (bicyclic) bond motifs is 1. The van der Waals surface area contributed by atoms with Crippen molar-refractivity contribution in [1.29, 1.82) is 0 Å². The Kier molecular flexibility index (Phi) is 8.07. The van der Waals surface area contributed by atoms with Crippen molar-refractivity contribution in [3.05, 3.63) is 59.3 Å². The Labute approximate surface area is 195 Å². The van der Waals surface area contributed by atoms with Crippen molar-refractivity contribution in [1.82, 2.24) is 14.8 Å². The summed E-state index contributed by atoms with van der Waals surface area (Å²) >= 11 is 0. The summed E-state index contributed by atoms with van der Waals surface area (Å²) in [5.41, 5.74) is 1.76. The summed E-state index contributed by atoms with van der Waals surface area (Å²) < 4.78 is 6.20. The van der Waals surface area contributed by atoms with Gasteiger partial charge < -0.3 is 19.6 Å². The molecular weight excluding hydrogens is 418 g/mol. The molecule has 1 aromatic carbocycles. The molecule has 1 N–H and O–H groups in total. The molecule has 7 heteroatoms. The first-order valence-corrected chi connectivity index (χ1v) is 11.2. The van der Waals surface area contributed by atoms with Gasteiger partial charge in [-0.1, -0.05) is 43.9 Å². The molecule has 1 aliphatic rings. The van der Waals surface area contributed by atoms with Gasteiger partial charge in [0.15, 0.2) is 0 Å². The number of aliphatic hydroxyl groups is 1. The van der Waals surface area contributed by atoms with Crippen LogP contribution in [0.5, 0.6) is 5.88 Å². The molecule has 3 rings (SSSR count). The molecule has 2 heterocycles. The van der Waals surface area contributed by atoms with Crippen molar-refractivity contribution < 1.29 is 19.4 Å². The zero-order valence-corrected chi connectivity index (χ0v) is 19.6. The number of aromatic nitrogens is 1. The number of likely N-dealkylation sites (N-methyl/N-ethyl adjacent to an activating group) is 1. The number of nitrogens with zero attached hydrogens (tertiary/aromatic N) is 3. The number of hydrogen-bond donors (Lipinski definition) is 1. The quantitative estimate of drug-likeness (QED) is 0.710. The number of amides is 2. The molecule has 0 saturated heterocycles. The molecule has 1 aliphatic heterocycles. The third-order valence-electron chi connectivity index (χ3n) is 5.83. The van der Waals surface area contributed by atoms with Crippen LogP contribution in [-0.4, -0.2) is 70.6 Å². The van der Waals surface area contributed by atoms with Crippen LogP contribution in [0.15, 0.2) is 42.6 Å². The van der Waals surface area contributed by atoms with Crippen LogP contribution in [0.3, 0.4) is 0 Å². The van der Waals surface area contributed by atoms with Crippen LogP contribution in [0.1, 0.15) is 48.7 Å². The lowest BCUT2D eigenvalue weighted by Gasteiger charge is -2.37. The first-order chi connectivity index (χ1) is 15.8. The molecule has 0 saturated carbocycles. The smallest absolute Gasteiger partial charge is 0.259 e. The fraction of sp³-hybridized carbons (Fsp3) is 0.423. The molecule has 0 bridgehead atoms. The molecule has 2 amide bonds. The maximum absolute atomic E-state index is 13.4. The van der Waals surface area contributed by atoms with E-state index < -0.39 is 0 Å². The maximum Gasteiger partial charge on any atom is 0.259 e. The Morgan fingerprint density at radius 3 is 2.67 bits per heavy atom. The standard InChI is InChI=1S/C26H31N3O4/c1-5-24(31)28(4)16-23-18(2)15-29(19(3)17-30)26(32)22-13-21(14-27-25(22)33-23)12-11-20-9-7-6-8-10-20/h6-10,13-14,18-19,23,30H,5,15-17H2,1-4H3/t18-,19+,23-/m0/s1. The van der Waals surface area contributed by atoms with E-state index >= 15 is 0 Å². The fourth-order valence-corrected chi connectivity index (χ4v) is 3.70. The van der Waals surface area contributed by atoms with Gasteiger partial charge in [-0.25, -0.2) is 4.98 Å². The largest absolute Gasteiger partial charge is 0.472 e. The van der Waals surface area contributed by atoms with Crippen LogP contribution in [0.25, 0.3) is 0 Å². The molecule has 1 aromatic heterocycles. The van der Waals surface area contributed by atoms with E-state index in [1.807, 2.05) is 44.2 Å². The summed E-state index contributed by atoms with van der Waals surface area (Å²) in [6, 6.07) is 10.9. The predicted octanol–water partition coefficient (Wildman–Crippen LogP) is 2.57. The number of pyridine rings is 1. The zero-order valence-electron chi connectivity index (χ0n) is 19.6. The van der Waals surface area contributed by atoms with Crippen LogP contribution in [0.4, 0.5) is 0 Å². The first-order valence-electron chi connectivity index (χ1n) is 11.2. The molecular formula is C26H31N3O4. The molecule has 0 radical (unpaired) electrons. The van der Waals surface area contributed by atoms with Crippen LogP contribution in [0, 0.1) is 17.8 Å². The van der Waals surface area contributed by atoms with Crippen molar-refractivity contribution in [3.63, 3.8) is 0 Å². The van der Waals surface area contributed by atoms with E-state index in [2.05, 4.69) is 16.8 Å². The summed E-state index contributed by atoms with van der Waals surface area (Å²) in [4.78, 5) is 33.3. The highest BCUT2D eigenvalue weighted by Crippen LogP contribution is 2.27. The third-order valence-corrected chi connectivity index (χ3v) is 5.83. The lowest BCUT2D eigenvalue weighted by atomic mass is 9.99. The van der Waals surface area contributed by atoms with E-state index in [-0.39, 0.29) is 42.4 Å². The highest BCUT2D eigenvalue weighted by atomic mass is 16.5. The summed E-state index contributed by atoms with van der Waals surface area (Å²) in [6.07, 6.45) is 1.63. The van der Waals surface area contributed by atoms with Gasteiger partial charge in [-0.15, -0.1) is 0 Å². The van der Waals surface area contributed by atoms with Gasteiger partial charge in [-0.2, -0.15) is 0 Å². The van der Waals surface area contributed by atoms with Crippen molar-refractivity contribution in [2.24, 2.45) is 5.92 Å². The van der Waals surface area contributed by atoms with Crippen molar-refractivity contribution in [2.75, 3.05) is 26.7 Å². The lowest BCUT2D eigenvalue weighted by Crippen LogP contribution is -2.50. The van der Waals surface area contributed by atoms with E-state index in [1.165, 1.54) is 0 Å². The highest BCUT2D eigenvalue weighted by Gasteiger charge is 2.34. The summed E-state index contributed by atoms with van der Waals surface area (Å²) in [6.45, 7) is 6.21. The van der Waals surface area contributed by atoms with Gasteiger partial charge in [0.05, 0.1) is 19.2 Å². The van der Waals surface area contributed by atoms with E-state index in [4.69, 9.17) is 4.74 Å². The fourth-order valence-electron chi connectivity index (χ4n) is 3.70. The van der Waals surface area contributed by atoms with Gasteiger partial charge in [0.25, 0.3) is 5.91 Å². The first kappa shape index (κ1) is 24.3. The van der Waals surface area contributed by atoms with Crippen LogP contribution in [0.2, 0.25) is 0 Å². The molecule has 7 nitrogen and oxygen atoms in total. The highest BCUT2D eigenvalue weighted by molar-refractivity contribution is 5.97. The molecule has 0 spiro atoms. The van der Waals surface area contributed by atoms with Gasteiger partial charge >= 0.3 is 0 Å². The minimum absolute atomic E-state index is 0.0178. The molecule has 0 fully saturated rings. The van der Waals surface area contributed by atoms with Crippen molar-refractivity contribution in [2.45, 2.75) is 39.3 Å². The average Bonchev–Trinajstić information content (AvgIpc) is 2.84. The van der Waals surface area contributed by atoms with Gasteiger partial charge in [-0.3, -0.25) is 9.59 Å². The zero-order chi connectivity index (χ0) is 24.0. The van der Waals surface area contributed by atoms with Gasteiger partial charge in [-0.05, 0) is 25.1 Å². The van der Waals surface area contributed by atoms with E-state index in [1.54, 1.807) is 36.0 Å². The Morgan fingerprint density at radius 1 is 1.30 bits per heavy atom. The predicted molar refractivity (Wildman–Crippen MR) is 126 cm³/mol. The number of benzene rings is 1. The van der Waals surface area contributed by atoms with Crippen molar-refractivity contribution in [3.8, 4) is 17.7 Å². The van der Waals surface area contributed by atoms with Gasteiger partial charge in [0, 0.05) is 43.3 Å². The molecule has 0 unspecified atom stereocenters. The Balaban J connectivity index is 1.98. The monoisotopic (exact) mass is 449 g/mol. The molecule has 2 aromatic rings. The van der Waals surface area contributed by atoms with Crippen LogP contribution < -0.4 is 4.74 Å². The third kappa shape index (κ3) is 5.91. The minimum Gasteiger partial charge on any atom is -0.472 e. The SMILES string of the molecule is CCC(=O)N(C)C[C@@H]1Oc2ncc(C#Cc3ccccc3)cc2C(=O)N([C@H](C)CO)C[C@@H]1C. The lowest BCUT2D eigenvalue weighted by molar-refractivity contribution is -0.131. The number of carbonyl (C=O) groups excluding carboxylic acids is 2.